The van der Waals surface area contributed by atoms with Crippen LogP contribution in [0, 0.1) is 0 Å². The Balaban J connectivity index is 0.00000264. The molecule has 0 saturated carbocycles. The van der Waals surface area contributed by atoms with Crippen LogP contribution in [0.1, 0.15) is 25.8 Å². The first-order valence-corrected chi connectivity index (χ1v) is 8.02. The molecule has 1 heterocycles. The van der Waals surface area contributed by atoms with E-state index in [2.05, 4.69) is 24.1 Å². The number of rotatable bonds is 6. The van der Waals surface area contributed by atoms with Gasteiger partial charge >= 0.3 is 0 Å². The van der Waals surface area contributed by atoms with Gasteiger partial charge in [-0.2, -0.15) is 0 Å². The lowest BCUT2D eigenvalue weighted by atomic mass is 10.1. The molecule has 1 aromatic carbocycles. The largest absolute Gasteiger partial charge is 0.399 e. The summed E-state index contributed by atoms with van der Waals surface area (Å²) in [5.74, 6) is 0.0634. The maximum absolute atomic E-state index is 11.9. The highest BCUT2D eigenvalue weighted by molar-refractivity contribution is 5.85. The Hall–Kier alpha value is -1.01. The maximum atomic E-state index is 11.9. The molecule has 1 aromatic rings. The average molecular weight is 378 g/mol. The van der Waals surface area contributed by atoms with E-state index in [9.17, 15) is 4.79 Å². The molecule has 0 aromatic heterocycles. The molecular weight excluding hydrogens is 349 g/mol. The first kappa shape index (κ1) is 23.0. The number of anilines is 1. The van der Waals surface area contributed by atoms with Gasteiger partial charge in [-0.1, -0.05) is 12.1 Å². The highest BCUT2D eigenvalue weighted by atomic mass is 35.5. The van der Waals surface area contributed by atoms with E-state index in [0.29, 0.717) is 25.2 Å². The third-order valence-electron chi connectivity index (χ3n) is 3.81. The van der Waals surface area contributed by atoms with Gasteiger partial charge in [-0.25, -0.2) is 0 Å². The summed E-state index contributed by atoms with van der Waals surface area (Å²) in [5.41, 5.74) is 7.34. The Kier molecular flexibility index (Phi) is 11.0. The summed E-state index contributed by atoms with van der Waals surface area (Å²) >= 11 is 0. The quantitative estimate of drug-likeness (QED) is 0.589. The molecular formula is C17H29Cl2N3O2. The van der Waals surface area contributed by atoms with Crippen LogP contribution in [-0.2, 0) is 16.0 Å². The third kappa shape index (κ3) is 8.20. The van der Waals surface area contributed by atoms with E-state index >= 15 is 0 Å². The molecule has 1 amide bonds. The number of benzene rings is 1. The van der Waals surface area contributed by atoms with E-state index < -0.39 is 0 Å². The van der Waals surface area contributed by atoms with E-state index in [4.69, 9.17) is 10.5 Å². The summed E-state index contributed by atoms with van der Waals surface area (Å²) in [6.45, 7) is 7.88. The Labute approximate surface area is 157 Å². The van der Waals surface area contributed by atoms with Gasteiger partial charge in [-0.3, -0.25) is 9.69 Å². The second kappa shape index (κ2) is 11.5. The number of nitrogen functional groups attached to an aromatic ring is 1. The molecule has 138 valence electrons. The van der Waals surface area contributed by atoms with Crippen molar-refractivity contribution in [3.63, 3.8) is 0 Å². The van der Waals surface area contributed by atoms with Gasteiger partial charge in [0.05, 0.1) is 18.6 Å². The number of carbonyl (C=O) groups excluding carboxylic acids is 1. The SMILES string of the molecule is CC1CN(CCCNC(=O)Cc2ccc(N)cc2)CC(C)O1.Cl.Cl. The summed E-state index contributed by atoms with van der Waals surface area (Å²) in [4.78, 5) is 14.3. The summed E-state index contributed by atoms with van der Waals surface area (Å²) < 4.78 is 5.72. The average Bonchev–Trinajstić information content (AvgIpc) is 2.45. The lowest BCUT2D eigenvalue weighted by Gasteiger charge is -2.35. The van der Waals surface area contributed by atoms with Crippen molar-refractivity contribution in [1.29, 1.82) is 0 Å². The van der Waals surface area contributed by atoms with Gasteiger partial charge in [0.2, 0.25) is 5.91 Å². The zero-order valence-corrected chi connectivity index (χ0v) is 16.0. The maximum Gasteiger partial charge on any atom is 0.224 e. The van der Waals surface area contributed by atoms with Crippen molar-refractivity contribution in [2.75, 3.05) is 31.9 Å². The molecule has 2 rings (SSSR count). The van der Waals surface area contributed by atoms with E-state index in [-0.39, 0.29) is 30.7 Å². The molecule has 2 unspecified atom stereocenters. The van der Waals surface area contributed by atoms with E-state index in [1.165, 1.54) is 0 Å². The van der Waals surface area contributed by atoms with Gasteiger partial charge in [0.15, 0.2) is 0 Å². The number of carbonyl (C=O) groups is 1. The van der Waals surface area contributed by atoms with Crippen molar-refractivity contribution in [1.82, 2.24) is 10.2 Å². The summed E-state index contributed by atoms with van der Waals surface area (Å²) in [7, 11) is 0. The van der Waals surface area contributed by atoms with E-state index in [1.807, 2.05) is 24.3 Å². The molecule has 5 nitrogen and oxygen atoms in total. The lowest BCUT2D eigenvalue weighted by molar-refractivity contribution is -0.120. The molecule has 0 spiro atoms. The first-order valence-electron chi connectivity index (χ1n) is 8.02. The van der Waals surface area contributed by atoms with Crippen LogP contribution in [0.3, 0.4) is 0 Å². The highest BCUT2D eigenvalue weighted by Gasteiger charge is 2.21. The zero-order chi connectivity index (χ0) is 15.9. The van der Waals surface area contributed by atoms with Crippen LogP contribution in [0.5, 0.6) is 0 Å². The second-order valence-corrected chi connectivity index (χ2v) is 6.14. The highest BCUT2D eigenvalue weighted by Crippen LogP contribution is 2.10. The third-order valence-corrected chi connectivity index (χ3v) is 3.81. The van der Waals surface area contributed by atoms with Crippen molar-refractivity contribution < 1.29 is 9.53 Å². The van der Waals surface area contributed by atoms with Crippen LogP contribution in [0.25, 0.3) is 0 Å². The van der Waals surface area contributed by atoms with Crippen molar-refractivity contribution in [2.24, 2.45) is 0 Å². The van der Waals surface area contributed by atoms with Crippen molar-refractivity contribution in [2.45, 2.75) is 38.9 Å². The second-order valence-electron chi connectivity index (χ2n) is 6.14. The standard InChI is InChI=1S/C17H27N3O2.2ClH/c1-13-11-20(12-14(2)22-13)9-3-8-19-17(21)10-15-4-6-16(18)7-5-15;;/h4-7,13-14H,3,8-12,18H2,1-2H3,(H,19,21);2*1H. The number of amides is 1. The molecule has 1 aliphatic rings. The van der Waals surface area contributed by atoms with Crippen LogP contribution in [-0.4, -0.2) is 49.2 Å². The summed E-state index contributed by atoms with van der Waals surface area (Å²) in [6, 6.07) is 7.43. The Morgan fingerprint density at radius 1 is 1.21 bits per heavy atom. The number of hydrogen-bond acceptors (Lipinski definition) is 4. The van der Waals surface area contributed by atoms with Gasteiger partial charge in [-0.15, -0.1) is 24.8 Å². The van der Waals surface area contributed by atoms with Crippen molar-refractivity contribution in [3.05, 3.63) is 29.8 Å². The fraction of sp³-hybridized carbons (Fsp3) is 0.588. The Bertz CT molecular complexity index is 475. The van der Waals surface area contributed by atoms with E-state index in [1.54, 1.807) is 0 Å². The van der Waals surface area contributed by atoms with Crippen LogP contribution in [0.15, 0.2) is 24.3 Å². The number of halogens is 2. The normalized spacial score (nSPS) is 20.6. The zero-order valence-electron chi connectivity index (χ0n) is 14.4. The molecule has 0 radical (unpaired) electrons. The molecule has 1 aliphatic heterocycles. The molecule has 3 N–H and O–H groups in total. The fourth-order valence-electron chi connectivity index (χ4n) is 2.88. The minimum absolute atomic E-state index is 0. The molecule has 1 fully saturated rings. The predicted molar refractivity (Wildman–Crippen MR) is 103 cm³/mol. The number of nitrogens with one attached hydrogen (secondary N) is 1. The number of hydrogen-bond donors (Lipinski definition) is 2. The van der Waals surface area contributed by atoms with Crippen LogP contribution in [0.4, 0.5) is 5.69 Å². The minimum atomic E-state index is 0. The monoisotopic (exact) mass is 377 g/mol. The predicted octanol–water partition coefficient (Wildman–Crippen LogP) is 2.27. The topological polar surface area (TPSA) is 67.6 Å². The smallest absolute Gasteiger partial charge is 0.224 e. The van der Waals surface area contributed by atoms with Gasteiger partial charge < -0.3 is 15.8 Å². The van der Waals surface area contributed by atoms with Gasteiger partial charge in [-0.05, 0) is 38.0 Å². The Morgan fingerprint density at radius 3 is 2.38 bits per heavy atom. The lowest BCUT2D eigenvalue weighted by Crippen LogP contribution is -2.46. The van der Waals surface area contributed by atoms with Crippen LogP contribution < -0.4 is 11.1 Å². The summed E-state index contributed by atoms with van der Waals surface area (Å²) in [6.07, 6.45) is 1.96. The van der Waals surface area contributed by atoms with Crippen LogP contribution in [0.2, 0.25) is 0 Å². The van der Waals surface area contributed by atoms with E-state index in [0.717, 1.165) is 37.3 Å². The molecule has 0 bridgehead atoms. The van der Waals surface area contributed by atoms with Crippen LogP contribution >= 0.6 is 24.8 Å². The minimum Gasteiger partial charge on any atom is -0.399 e. The fourth-order valence-corrected chi connectivity index (χ4v) is 2.88. The molecule has 2 atom stereocenters. The first-order chi connectivity index (χ1) is 10.5. The van der Waals surface area contributed by atoms with Gasteiger partial charge in [0, 0.05) is 31.9 Å². The number of nitrogens with two attached hydrogens (primary N) is 1. The molecule has 24 heavy (non-hydrogen) atoms. The molecule has 0 aliphatic carbocycles. The number of ether oxygens (including phenoxy) is 1. The molecule has 7 heteroatoms. The Morgan fingerprint density at radius 2 is 1.79 bits per heavy atom. The van der Waals surface area contributed by atoms with Crippen molar-refractivity contribution >= 4 is 36.4 Å². The van der Waals surface area contributed by atoms with Gasteiger partial charge in [0.25, 0.3) is 0 Å². The van der Waals surface area contributed by atoms with Crippen molar-refractivity contribution in [3.8, 4) is 0 Å². The summed E-state index contributed by atoms with van der Waals surface area (Å²) in [5, 5.41) is 2.98. The number of morpholine rings is 1. The molecule has 1 saturated heterocycles. The van der Waals surface area contributed by atoms with Gasteiger partial charge in [0.1, 0.15) is 0 Å². The number of nitrogens with zero attached hydrogens (tertiary/aromatic N) is 1.